The van der Waals surface area contributed by atoms with E-state index in [4.69, 9.17) is 4.74 Å². The van der Waals surface area contributed by atoms with Crippen LogP contribution in [0.5, 0.6) is 0 Å². The number of hydrogen-bond acceptors (Lipinski definition) is 4. The molecule has 21 heavy (non-hydrogen) atoms. The highest BCUT2D eigenvalue weighted by Crippen LogP contribution is 2.27. The lowest BCUT2D eigenvalue weighted by Crippen LogP contribution is -2.45. The summed E-state index contributed by atoms with van der Waals surface area (Å²) in [5, 5.41) is 3.33. The third-order valence-electron chi connectivity index (χ3n) is 5.25. The summed E-state index contributed by atoms with van der Waals surface area (Å²) >= 11 is 0. The first-order valence-corrected chi connectivity index (χ1v) is 8.51. The van der Waals surface area contributed by atoms with E-state index in [0.717, 1.165) is 65.3 Å². The van der Waals surface area contributed by atoms with Crippen LogP contribution >= 0.6 is 0 Å². The molecule has 3 heterocycles. The summed E-state index contributed by atoms with van der Waals surface area (Å²) in [5.74, 6) is 0.353. The van der Waals surface area contributed by atoms with Gasteiger partial charge in [-0.3, -0.25) is 9.69 Å². The predicted molar refractivity (Wildman–Crippen MR) is 82.2 cm³/mol. The van der Waals surface area contributed by atoms with Gasteiger partial charge in [-0.1, -0.05) is 0 Å². The molecule has 2 unspecified atom stereocenters. The molecule has 0 bridgehead atoms. The first kappa shape index (κ1) is 15.3. The third kappa shape index (κ3) is 3.58. The molecule has 1 N–H and O–H groups in total. The molecule has 3 rings (SSSR count). The van der Waals surface area contributed by atoms with Gasteiger partial charge in [0, 0.05) is 39.3 Å². The van der Waals surface area contributed by atoms with E-state index in [9.17, 15) is 4.79 Å². The van der Waals surface area contributed by atoms with Crippen molar-refractivity contribution in [3.63, 3.8) is 0 Å². The van der Waals surface area contributed by atoms with Crippen LogP contribution in [0, 0.1) is 5.41 Å². The minimum atomic E-state index is -0.177. The topological polar surface area (TPSA) is 44.8 Å². The van der Waals surface area contributed by atoms with Crippen LogP contribution < -0.4 is 5.32 Å². The molecule has 0 spiro atoms. The summed E-state index contributed by atoms with van der Waals surface area (Å²) < 4.78 is 5.74. The summed E-state index contributed by atoms with van der Waals surface area (Å²) in [6.45, 7) is 9.77. The molecule has 3 aliphatic heterocycles. The van der Waals surface area contributed by atoms with Gasteiger partial charge in [0.25, 0.3) is 0 Å². The molecule has 2 atom stereocenters. The van der Waals surface area contributed by atoms with E-state index in [2.05, 4.69) is 22.0 Å². The Morgan fingerprint density at radius 3 is 2.90 bits per heavy atom. The van der Waals surface area contributed by atoms with E-state index in [1.54, 1.807) is 0 Å². The fourth-order valence-corrected chi connectivity index (χ4v) is 3.81. The van der Waals surface area contributed by atoms with Crippen molar-refractivity contribution in [3.05, 3.63) is 0 Å². The Kier molecular flexibility index (Phi) is 4.82. The van der Waals surface area contributed by atoms with E-state index in [1.807, 2.05) is 0 Å². The molecule has 0 radical (unpaired) electrons. The Morgan fingerprint density at radius 1 is 1.29 bits per heavy atom. The number of nitrogens with one attached hydrogen (secondary N) is 1. The molecule has 3 saturated heterocycles. The second-order valence-corrected chi connectivity index (χ2v) is 7.07. The summed E-state index contributed by atoms with van der Waals surface area (Å²) in [5.41, 5.74) is -0.177. The predicted octanol–water partition coefficient (Wildman–Crippen LogP) is 0.699. The Hall–Kier alpha value is -0.650. The highest BCUT2D eigenvalue weighted by molar-refractivity contribution is 5.83. The van der Waals surface area contributed by atoms with E-state index in [-0.39, 0.29) is 5.41 Å². The van der Waals surface area contributed by atoms with Crippen LogP contribution in [0.2, 0.25) is 0 Å². The van der Waals surface area contributed by atoms with Gasteiger partial charge >= 0.3 is 0 Å². The van der Waals surface area contributed by atoms with Crippen LogP contribution in [0.1, 0.15) is 32.6 Å². The third-order valence-corrected chi connectivity index (χ3v) is 5.25. The molecule has 5 heteroatoms. The number of carbonyl (C=O) groups is 1. The van der Waals surface area contributed by atoms with Gasteiger partial charge in [0.05, 0.1) is 11.5 Å². The minimum absolute atomic E-state index is 0.177. The Balaban J connectivity index is 1.51. The highest BCUT2D eigenvalue weighted by atomic mass is 16.5. The maximum Gasteiger partial charge on any atom is 0.229 e. The molecule has 0 saturated carbocycles. The summed E-state index contributed by atoms with van der Waals surface area (Å²) in [6, 6.07) is 0. The quantitative estimate of drug-likeness (QED) is 0.832. The average Bonchev–Trinajstić information content (AvgIpc) is 3.08. The lowest BCUT2D eigenvalue weighted by molar-refractivity contribution is -0.140. The van der Waals surface area contributed by atoms with Gasteiger partial charge < -0.3 is 15.0 Å². The molecule has 0 aromatic carbocycles. The summed E-state index contributed by atoms with van der Waals surface area (Å²) in [4.78, 5) is 17.4. The number of hydrogen-bond donors (Lipinski definition) is 1. The zero-order chi connectivity index (χ0) is 14.7. The van der Waals surface area contributed by atoms with E-state index in [0.29, 0.717) is 12.0 Å². The van der Waals surface area contributed by atoms with Crippen molar-refractivity contribution < 1.29 is 9.53 Å². The number of nitrogens with zero attached hydrogens (tertiary/aromatic N) is 2. The van der Waals surface area contributed by atoms with Crippen molar-refractivity contribution in [2.75, 3.05) is 52.4 Å². The summed E-state index contributed by atoms with van der Waals surface area (Å²) in [6.07, 6.45) is 4.88. The van der Waals surface area contributed by atoms with Crippen LogP contribution in [-0.4, -0.2) is 74.2 Å². The second kappa shape index (κ2) is 6.63. The van der Waals surface area contributed by atoms with Crippen molar-refractivity contribution in [1.29, 1.82) is 0 Å². The zero-order valence-electron chi connectivity index (χ0n) is 13.3. The molecule has 0 aliphatic carbocycles. The van der Waals surface area contributed by atoms with Gasteiger partial charge in [0.15, 0.2) is 0 Å². The van der Waals surface area contributed by atoms with Crippen LogP contribution in [0.15, 0.2) is 0 Å². The maximum atomic E-state index is 12.8. The van der Waals surface area contributed by atoms with Crippen LogP contribution in [0.4, 0.5) is 0 Å². The first-order valence-electron chi connectivity index (χ1n) is 8.51. The molecule has 3 aliphatic rings. The lowest BCUT2D eigenvalue weighted by atomic mass is 9.88. The fourth-order valence-electron chi connectivity index (χ4n) is 3.81. The minimum Gasteiger partial charge on any atom is -0.377 e. The molecule has 0 aromatic rings. The molecule has 1 amide bonds. The molecule has 120 valence electrons. The molecular formula is C16H29N3O2. The maximum absolute atomic E-state index is 12.8. The lowest BCUT2D eigenvalue weighted by Gasteiger charge is -2.30. The van der Waals surface area contributed by atoms with Gasteiger partial charge in [-0.15, -0.1) is 0 Å². The van der Waals surface area contributed by atoms with Crippen molar-refractivity contribution in [2.45, 2.75) is 38.7 Å². The van der Waals surface area contributed by atoms with Crippen molar-refractivity contribution in [2.24, 2.45) is 5.41 Å². The van der Waals surface area contributed by atoms with E-state index >= 15 is 0 Å². The van der Waals surface area contributed by atoms with Crippen molar-refractivity contribution >= 4 is 5.91 Å². The molecule has 3 fully saturated rings. The van der Waals surface area contributed by atoms with Gasteiger partial charge in [-0.25, -0.2) is 0 Å². The number of amides is 1. The molecular weight excluding hydrogens is 266 g/mol. The second-order valence-electron chi connectivity index (χ2n) is 7.07. The van der Waals surface area contributed by atoms with Gasteiger partial charge in [0.1, 0.15) is 0 Å². The van der Waals surface area contributed by atoms with Crippen molar-refractivity contribution in [3.8, 4) is 0 Å². The summed E-state index contributed by atoms with van der Waals surface area (Å²) in [7, 11) is 0. The number of ether oxygens (including phenoxy) is 1. The molecule has 0 aromatic heterocycles. The number of rotatable bonds is 3. The number of carbonyl (C=O) groups excluding carboxylic acids is 1. The van der Waals surface area contributed by atoms with E-state index < -0.39 is 0 Å². The van der Waals surface area contributed by atoms with Gasteiger partial charge in [0.2, 0.25) is 5.91 Å². The van der Waals surface area contributed by atoms with Gasteiger partial charge in [-0.2, -0.15) is 0 Å². The zero-order valence-corrected chi connectivity index (χ0v) is 13.3. The molecule has 5 nitrogen and oxygen atoms in total. The average molecular weight is 295 g/mol. The smallest absolute Gasteiger partial charge is 0.229 e. The van der Waals surface area contributed by atoms with Crippen LogP contribution in [0.3, 0.4) is 0 Å². The Labute approximate surface area is 128 Å². The van der Waals surface area contributed by atoms with Crippen LogP contribution in [-0.2, 0) is 9.53 Å². The largest absolute Gasteiger partial charge is 0.377 e. The van der Waals surface area contributed by atoms with E-state index in [1.165, 1.54) is 12.8 Å². The standard InChI is InChI=1S/C16H29N3O2/c1-16(5-6-17-13-16)15(20)19-8-3-7-18(9-10-19)12-14-4-2-11-21-14/h14,17H,2-13H2,1H3. The fraction of sp³-hybridized carbons (Fsp3) is 0.938. The van der Waals surface area contributed by atoms with Crippen LogP contribution in [0.25, 0.3) is 0 Å². The Bertz CT molecular complexity index is 363. The SMILES string of the molecule is CC1(C(=O)N2CCCN(CC3CCCO3)CC2)CCNC1. The van der Waals surface area contributed by atoms with Crippen molar-refractivity contribution in [1.82, 2.24) is 15.1 Å². The normalized spacial score (nSPS) is 35.1. The Morgan fingerprint density at radius 2 is 2.19 bits per heavy atom. The highest BCUT2D eigenvalue weighted by Gasteiger charge is 2.39. The van der Waals surface area contributed by atoms with Gasteiger partial charge in [-0.05, 0) is 45.7 Å². The first-order chi connectivity index (χ1) is 10.2. The monoisotopic (exact) mass is 295 g/mol.